The van der Waals surface area contributed by atoms with Gasteiger partial charge in [-0.2, -0.15) is 0 Å². The lowest BCUT2D eigenvalue weighted by Gasteiger charge is -2.41. The number of carbonyl (C=O) groups excluding carboxylic acids is 4. The van der Waals surface area contributed by atoms with Gasteiger partial charge in [-0.3, -0.25) is 19.3 Å². The summed E-state index contributed by atoms with van der Waals surface area (Å²) in [6, 6.07) is 13.4. The molecular weight excluding hydrogens is 622 g/mol. The Hall–Kier alpha value is -3.67. The van der Waals surface area contributed by atoms with Gasteiger partial charge in [-0.05, 0) is 67.9 Å². The molecule has 0 unspecified atom stereocenters. The normalized spacial score (nSPS) is 20.6. The first-order chi connectivity index (χ1) is 22.9. The number of halogens is 1. The smallest absolute Gasteiger partial charge is 0.322 e. The number of fused-ring (bicyclic) bond motifs is 1. The molecule has 0 saturated carbocycles. The predicted octanol–water partition coefficient (Wildman–Crippen LogP) is 3.83. The molecule has 1 N–H and O–H groups in total. The quantitative estimate of drug-likeness (QED) is 0.406. The standard InChI is InChI=1S/C35H44ClN5O6/c36-30-22-25(5-6-32(30)47-24-42)21-27(34(44)40-17-15-38(16-18-40)28-10-19-46-20-11-28)23-33(43)39-12-8-29(9-13-39)41-14-7-26-3-1-2-4-31(26)37-35(41)45/h1-6,22,24,27-29H,7-21,23H2,(H,37,45)/t27-/m0/s1. The minimum Gasteiger partial charge on any atom is -0.427 e. The third-order valence-corrected chi connectivity index (χ3v) is 10.5. The molecule has 12 heteroatoms. The maximum Gasteiger partial charge on any atom is 0.322 e. The molecule has 2 aromatic carbocycles. The monoisotopic (exact) mass is 665 g/mol. The maximum absolute atomic E-state index is 14.0. The van der Waals surface area contributed by atoms with E-state index in [9.17, 15) is 19.2 Å². The minimum atomic E-state index is -0.557. The van der Waals surface area contributed by atoms with Crippen molar-refractivity contribution in [1.29, 1.82) is 0 Å². The molecule has 0 bridgehead atoms. The summed E-state index contributed by atoms with van der Waals surface area (Å²) in [5.41, 5.74) is 2.79. The molecule has 0 aliphatic carbocycles. The first kappa shape index (κ1) is 33.2. The van der Waals surface area contributed by atoms with Gasteiger partial charge in [0.05, 0.1) is 10.9 Å². The molecule has 3 saturated heterocycles. The molecular formula is C35H44ClN5O6. The van der Waals surface area contributed by atoms with Crippen LogP contribution in [0.25, 0.3) is 0 Å². The van der Waals surface area contributed by atoms with Crippen LogP contribution in [-0.2, 0) is 32.0 Å². The van der Waals surface area contributed by atoms with Crippen molar-refractivity contribution in [3.63, 3.8) is 0 Å². The van der Waals surface area contributed by atoms with Gasteiger partial charge in [-0.15, -0.1) is 0 Å². The summed E-state index contributed by atoms with van der Waals surface area (Å²) in [5, 5.41) is 3.33. The van der Waals surface area contributed by atoms with E-state index in [1.807, 2.05) is 39.0 Å². The maximum atomic E-state index is 14.0. The van der Waals surface area contributed by atoms with Gasteiger partial charge in [0.25, 0.3) is 6.47 Å². The van der Waals surface area contributed by atoms with Gasteiger partial charge in [0.15, 0.2) is 0 Å². The van der Waals surface area contributed by atoms with Crippen molar-refractivity contribution in [3.8, 4) is 5.75 Å². The van der Waals surface area contributed by atoms with Crippen molar-refractivity contribution in [1.82, 2.24) is 19.6 Å². The molecule has 4 heterocycles. The summed E-state index contributed by atoms with van der Waals surface area (Å²) < 4.78 is 10.5. The Morgan fingerprint density at radius 3 is 2.40 bits per heavy atom. The first-order valence-corrected chi connectivity index (χ1v) is 17.2. The number of nitrogens with one attached hydrogen (secondary N) is 1. The van der Waals surface area contributed by atoms with Crippen molar-refractivity contribution < 1.29 is 28.7 Å². The second-order valence-electron chi connectivity index (χ2n) is 12.9. The van der Waals surface area contributed by atoms with E-state index in [1.54, 1.807) is 18.2 Å². The highest BCUT2D eigenvalue weighted by Crippen LogP contribution is 2.29. The summed E-state index contributed by atoms with van der Waals surface area (Å²) in [7, 11) is 0. The van der Waals surface area contributed by atoms with Crippen LogP contribution in [0.3, 0.4) is 0 Å². The Kier molecular flexibility index (Phi) is 11.0. The number of carbonyl (C=O) groups is 4. The number of likely N-dealkylation sites (tertiary alicyclic amines) is 1. The fraction of sp³-hybridized carbons (Fsp3) is 0.543. The van der Waals surface area contributed by atoms with Gasteiger partial charge < -0.3 is 29.5 Å². The third kappa shape index (κ3) is 8.08. The van der Waals surface area contributed by atoms with Crippen LogP contribution in [0.15, 0.2) is 42.5 Å². The van der Waals surface area contributed by atoms with Crippen LogP contribution in [-0.4, -0.2) is 115 Å². The van der Waals surface area contributed by atoms with Gasteiger partial charge in [0, 0.05) is 83.2 Å². The third-order valence-electron chi connectivity index (χ3n) is 10.2. The molecule has 4 aliphatic heterocycles. The van der Waals surface area contributed by atoms with E-state index in [1.165, 1.54) is 0 Å². The van der Waals surface area contributed by atoms with E-state index in [-0.39, 0.29) is 41.1 Å². The summed E-state index contributed by atoms with van der Waals surface area (Å²) in [5.74, 6) is -0.385. The summed E-state index contributed by atoms with van der Waals surface area (Å²) >= 11 is 6.36. The summed E-state index contributed by atoms with van der Waals surface area (Å²) in [6.45, 7) is 6.47. The molecule has 0 spiro atoms. The number of urea groups is 1. The average molecular weight is 666 g/mol. The van der Waals surface area contributed by atoms with Crippen LogP contribution in [0.4, 0.5) is 10.5 Å². The molecule has 0 radical (unpaired) electrons. The zero-order valence-corrected chi connectivity index (χ0v) is 27.5. The number of hydrogen-bond acceptors (Lipinski definition) is 7. The number of piperazine rings is 1. The van der Waals surface area contributed by atoms with Crippen LogP contribution in [0.2, 0.25) is 5.02 Å². The number of piperidine rings is 1. The number of hydrogen-bond donors (Lipinski definition) is 1. The largest absolute Gasteiger partial charge is 0.427 e. The number of anilines is 1. The van der Waals surface area contributed by atoms with Crippen molar-refractivity contribution in [2.45, 2.75) is 57.0 Å². The molecule has 0 aromatic heterocycles. The number of ether oxygens (including phenoxy) is 2. The SMILES string of the molecule is O=COc1ccc(C[C@@H](CC(=O)N2CCC(N3CCc4ccccc4NC3=O)CC2)C(=O)N2CCN(C3CCOCC3)CC2)cc1Cl. The molecule has 252 valence electrons. The highest BCUT2D eigenvalue weighted by atomic mass is 35.5. The van der Waals surface area contributed by atoms with Crippen LogP contribution in [0.1, 0.15) is 43.2 Å². The van der Waals surface area contributed by atoms with Crippen molar-refractivity contribution in [2.75, 3.05) is 64.3 Å². The molecule has 47 heavy (non-hydrogen) atoms. The van der Waals surface area contributed by atoms with Crippen LogP contribution >= 0.6 is 11.6 Å². The first-order valence-electron chi connectivity index (χ1n) is 16.8. The lowest BCUT2D eigenvalue weighted by atomic mass is 9.92. The zero-order chi connectivity index (χ0) is 32.8. The summed E-state index contributed by atoms with van der Waals surface area (Å²) in [4.78, 5) is 59.8. The number of para-hydroxylation sites is 1. The number of nitrogens with zero attached hydrogens (tertiary/aromatic N) is 4. The molecule has 11 nitrogen and oxygen atoms in total. The van der Waals surface area contributed by atoms with Gasteiger partial charge in [0.2, 0.25) is 11.8 Å². The topological polar surface area (TPSA) is 112 Å². The number of benzene rings is 2. The lowest BCUT2D eigenvalue weighted by molar-refractivity contribution is -0.143. The Labute approximate surface area is 281 Å². The molecule has 3 fully saturated rings. The van der Waals surface area contributed by atoms with E-state index in [2.05, 4.69) is 10.2 Å². The van der Waals surface area contributed by atoms with E-state index in [0.717, 1.165) is 62.4 Å². The lowest BCUT2D eigenvalue weighted by Crippen LogP contribution is -2.54. The Morgan fingerprint density at radius 1 is 0.936 bits per heavy atom. The van der Waals surface area contributed by atoms with Crippen molar-refractivity contribution in [2.24, 2.45) is 5.92 Å². The van der Waals surface area contributed by atoms with Crippen LogP contribution < -0.4 is 10.1 Å². The van der Waals surface area contributed by atoms with E-state index in [0.29, 0.717) is 64.5 Å². The number of amides is 4. The highest BCUT2D eigenvalue weighted by molar-refractivity contribution is 6.32. The molecule has 1 atom stereocenters. The predicted molar refractivity (Wildman–Crippen MR) is 177 cm³/mol. The van der Waals surface area contributed by atoms with Crippen LogP contribution in [0, 0.1) is 5.92 Å². The molecule has 6 rings (SSSR count). The van der Waals surface area contributed by atoms with Crippen LogP contribution in [0.5, 0.6) is 5.75 Å². The Balaban J connectivity index is 1.08. The highest BCUT2D eigenvalue weighted by Gasteiger charge is 2.35. The van der Waals surface area contributed by atoms with E-state index >= 15 is 0 Å². The van der Waals surface area contributed by atoms with Gasteiger partial charge in [0.1, 0.15) is 5.75 Å². The van der Waals surface area contributed by atoms with E-state index in [4.69, 9.17) is 21.1 Å². The van der Waals surface area contributed by atoms with Gasteiger partial charge >= 0.3 is 6.03 Å². The van der Waals surface area contributed by atoms with Gasteiger partial charge in [-0.25, -0.2) is 4.79 Å². The molecule has 4 aliphatic rings. The fourth-order valence-electron chi connectivity index (χ4n) is 7.47. The molecule has 4 amide bonds. The number of rotatable bonds is 9. The second kappa shape index (κ2) is 15.5. The second-order valence-corrected chi connectivity index (χ2v) is 13.3. The fourth-order valence-corrected chi connectivity index (χ4v) is 7.72. The minimum absolute atomic E-state index is 0.0231. The van der Waals surface area contributed by atoms with Crippen molar-refractivity contribution >= 4 is 41.6 Å². The Bertz CT molecular complexity index is 1440. The van der Waals surface area contributed by atoms with Gasteiger partial charge in [-0.1, -0.05) is 35.9 Å². The Morgan fingerprint density at radius 2 is 1.68 bits per heavy atom. The van der Waals surface area contributed by atoms with Crippen molar-refractivity contribution in [3.05, 3.63) is 58.6 Å². The zero-order valence-electron chi connectivity index (χ0n) is 26.8. The average Bonchev–Trinajstić information content (AvgIpc) is 3.27. The van der Waals surface area contributed by atoms with E-state index < -0.39 is 5.92 Å². The molecule has 2 aromatic rings. The summed E-state index contributed by atoms with van der Waals surface area (Å²) in [6.07, 6.45) is 4.63.